The zero-order valence-corrected chi connectivity index (χ0v) is 10.7. The second-order valence-corrected chi connectivity index (χ2v) is 5.10. The molecule has 1 aliphatic rings. The first-order chi connectivity index (χ1) is 8.31. The molecular weight excluding hydrogens is 212 g/mol. The topological polar surface area (TPSA) is 30.2 Å². The van der Waals surface area contributed by atoms with Crippen LogP contribution in [0.2, 0.25) is 0 Å². The maximum atomic E-state index is 12.2. The minimum absolute atomic E-state index is 0.323. The number of Topliss-reactive ketones (excluding diaryl/α,β-unsaturated/α-hetero) is 1. The van der Waals surface area contributed by atoms with Gasteiger partial charge in [-0.3, -0.25) is 4.79 Å². The Kier molecular flexibility index (Phi) is 4.41. The fourth-order valence-corrected chi connectivity index (χ4v) is 3.01. The van der Waals surface area contributed by atoms with Gasteiger partial charge in [-0.15, -0.1) is 0 Å². The van der Waals surface area contributed by atoms with Crippen molar-refractivity contribution in [3.63, 3.8) is 0 Å². The third kappa shape index (κ3) is 3.21. The molecule has 0 amide bonds. The van der Waals surface area contributed by atoms with Crippen molar-refractivity contribution in [2.24, 2.45) is 11.8 Å². The van der Waals surface area contributed by atoms with Crippen molar-refractivity contribution in [2.75, 3.05) is 0 Å². The van der Waals surface area contributed by atoms with Gasteiger partial charge < -0.3 is 4.42 Å². The lowest BCUT2D eigenvalue weighted by Crippen LogP contribution is -2.27. The zero-order valence-electron chi connectivity index (χ0n) is 10.7. The molecule has 17 heavy (non-hydrogen) atoms. The Morgan fingerprint density at radius 1 is 1.41 bits per heavy atom. The van der Waals surface area contributed by atoms with E-state index in [1.54, 1.807) is 6.26 Å². The predicted molar refractivity (Wildman–Crippen MR) is 67.8 cm³/mol. The molecule has 1 fully saturated rings. The van der Waals surface area contributed by atoms with Crippen LogP contribution in [0.3, 0.4) is 0 Å². The number of hydrogen-bond acceptors (Lipinski definition) is 2. The highest BCUT2D eigenvalue weighted by molar-refractivity contribution is 5.81. The Hall–Kier alpha value is -1.05. The molecule has 94 valence electrons. The van der Waals surface area contributed by atoms with E-state index in [1.807, 2.05) is 12.1 Å². The molecule has 1 aromatic rings. The first kappa shape index (κ1) is 12.4. The molecule has 1 saturated carbocycles. The van der Waals surface area contributed by atoms with Crippen LogP contribution < -0.4 is 0 Å². The molecular formula is C15H22O2. The van der Waals surface area contributed by atoms with Crippen molar-refractivity contribution >= 4 is 5.78 Å². The second kappa shape index (κ2) is 6.04. The van der Waals surface area contributed by atoms with Gasteiger partial charge in [0, 0.05) is 18.8 Å². The summed E-state index contributed by atoms with van der Waals surface area (Å²) in [6, 6.07) is 3.83. The van der Waals surface area contributed by atoms with Gasteiger partial charge >= 0.3 is 0 Å². The van der Waals surface area contributed by atoms with Crippen molar-refractivity contribution in [1.82, 2.24) is 0 Å². The van der Waals surface area contributed by atoms with Crippen LogP contribution in [0.15, 0.2) is 22.8 Å². The van der Waals surface area contributed by atoms with Crippen LogP contribution in [0.5, 0.6) is 0 Å². The van der Waals surface area contributed by atoms with Crippen LogP contribution in [-0.2, 0) is 11.2 Å². The molecule has 0 N–H and O–H groups in total. The Morgan fingerprint density at radius 2 is 2.24 bits per heavy atom. The molecule has 2 atom stereocenters. The average molecular weight is 234 g/mol. The van der Waals surface area contributed by atoms with E-state index in [2.05, 4.69) is 6.92 Å². The fourth-order valence-electron chi connectivity index (χ4n) is 3.01. The van der Waals surface area contributed by atoms with Crippen LogP contribution in [0.1, 0.15) is 51.2 Å². The third-order valence-electron chi connectivity index (χ3n) is 4.04. The summed E-state index contributed by atoms with van der Waals surface area (Å²) < 4.78 is 5.27. The number of furan rings is 1. The standard InChI is InChI=1S/C15H22O2/c1-2-12-6-3-4-8-14(12)15(16)10-9-13-7-5-11-17-13/h5,7,11-12,14H,2-4,6,8-10H2,1H3. The highest BCUT2D eigenvalue weighted by Crippen LogP contribution is 2.33. The summed E-state index contributed by atoms with van der Waals surface area (Å²) >= 11 is 0. The molecule has 1 heterocycles. The van der Waals surface area contributed by atoms with E-state index >= 15 is 0 Å². The van der Waals surface area contributed by atoms with E-state index in [0.717, 1.165) is 25.0 Å². The molecule has 1 aliphatic carbocycles. The normalized spacial score (nSPS) is 24.8. The van der Waals surface area contributed by atoms with Gasteiger partial charge in [-0.2, -0.15) is 0 Å². The molecule has 0 aromatic carbocycles. The van der Waals surface area contributed by atoms with Gasteiger partial charge in [-0.1, -0.05) is 26.2 Å². The van der Waals surface area contributed by atoms with Crippen LogP contribution in [0.4, 0.5) is 0 Å². The molecule has 2 heteroatoms. The van der Waals surface area contributed by atoms with Gasteiger partial charge in [0.1, 0.15) is 11.5 Å². The smallest absolute Gasteiger partial charge is 0.136 e. The van der Waals surface area contributed by atoms with Gasteiger partial charge in [0.15, 0.2) is 0 Å². The Balaban J connectivity index is 1.85. The van der Waals surface area contributed by atoms with Crippen molar-refractivity contribution in [1.29, 1.82) is 0 Å². The van der Waals surface area contributed by atoms with Gasteiger partial charge in [0.2, 0.25) is 0 Å². The number of carbonyl (C=O) groups excluding carboxylic acids is 1. The van der Waals surface area contributed by atoms with Crippen LogP contribution in [0.25, 0.3) is 0 Å². The SMILES string of the molecule is CCC1CCCCC1C(=O)CCc1ccco1. The van der Waals surface area contributed by atoms with Gasteiger partial charge in [0.05, 0.1) is 6.26 Å². The molecule has 1 aromatic heterocycles. The van der Waals surface area contributed by atoms with E-state index in [1.165, 1.54) is 19.3 Å². The summed E-state index contributed by atoms with van der Waals surface area (Å²) in [5.74, 6) is 2.34. The molecule has 2 unspecified atom stereocenters. The Morgan fingerprint density at radius 3 is 2.94 bits per heavy atom. The molecule has 0 saturated heterocycles. The molecule has 0 spiro atoms. The quantitative estimate of drug-likeness (QED) is 0.771. The van der Waals surface area contributed by atoms with Crippen LogP contribution in [0, 0.1) is 11.8 Å². The lowest BCUT2D eigenvalue weighted by molar-refractivity contribution is -0.125. The van der Waals surface area contributed by atoms with Gasteiger partial charge in [0.25, 0.3) is 0 Å². The maximum Gasteiger partial charge on any atom is 0.136 e. The fraction of sp³-hybridized carbons (Fsp3) is 0.667. The molecule has 2 nitrogen and oxygen atoms in total. The lowest BCUT2D eigenvalue weighted by Gasteiger charge is -2.29. The number of hydrogen-bond donors (Lipinski definition) is 0. The molecule has 0 bridgehead atoms. The number of aryl methyl sites for hydroxylation is 1. The van der Waals surface area contributed by atoms with E-state index in [4.69, 9.17) is 4.42 Å². The molecule has 2 rings (SSSR count). The van der Waals surface area contributed by atoms with Crippen molar-refractivity contribution in [2.45, 2.75) is 51.9 Å². The summed E-state index contributed by atoms with van der Waals surface area (Å²) in [6.07, 6.45) is 9.12. The monoisotopic (exact) mass is 234 g/mol. The molecule has 0 radical (unpaired) electrons. The summed E-state index contributed by atoms with van der Waals surface area (Å²) in [6.45, 7) is 2.21. The van der Waals surface area contributed by atoms with E-state index < -0.39 is 0 Å². The lowest BCUT2D eigenvalue weighted by atomic mass is 9.75. The zero-order chi connectivity index (χ0) is 12.1. The summed E-state index contributed by atoms with van der Waals surface area (Å²) in [7, 11) is 0. The first-order valence-corrected chi connectivity index (χ1v) is 6.86. The highest BCUT2D eigenvalue weighted by atomic mass is 16.3. The second-order valence-electron chi connectivity index (χ2n) is 5.10. The Bertz CT molecular complexity index is 340. The van der Waals surface area contributed by atoms with Crippen molar-refractivity contribution in [3.8, 4) is 0 Å². The average Bonchev–Trinajstić information content (AvgIpc) is 2.89. The van der Waals surface area contributed by atoms with Crippen LogP contribution >= 0.6 is 0 Å². The van der Waals surface area contributed by atoms with Crippen molar-refractivity contribution < 1.29 is 9.21 Å². The summed E-state index contributed by atoms with van der Waals surface area (Å²) in [5, 5.41) is 0. The molecule has 0 aliphatic heterocycles. The van der Waals surface area contributed by atoms with Crippen molar-refractivity contribution in [3.05, 3.63) is 24.2 Å². The van der Waals surface area contributed by atoms with Gasteiger partial charge in [-0.05, 0) is 30.9 Å². The first-order valence-electron chi connectivity index (χ1n) is 6.86. The Labute approximate surface area is 103 Å². The third-order valence-corrected chi connectivity index (χ3v) is 4.04. The predicted octanol–water partition coefficient (Wildman–Crippen LogP) is 4.00. The minimum Gasteiger partial charge on any atom is -0.469 e. The van der Waals surface area contributed by atoms with E-state index in [-0.39, 0.29) is 0 Å². The maximum absolute atomic E-state index is 12.2. The summed E-state index contributed by atoms with van der Waals surface area (Å²) in [4.78, 5) is 12.2. The number of rotatable bonds is 5. The van der Waals surface area contributed by atoms with E-state index in [0.29, 0.717) is 24.0 Å². The number of carbonyl (C=O) groups is 1. The van der Waals surface area contributed by atoms with E-state index in [9.17, 15) is 4.79 Å². The number of ketones is 1. The largest absolute Gasteiger partial charge is 0.469 e. The van der Waals surface area contributed by atoms with Gasteiger partial charge in [-0.25, -0.2) is 0 Å². The minimum atomic E-state index is 0.323. The summed E-state index contributed by atoms with van der Waals surface area (Å²) in [5.41, 5.74) is 0. The van der Waals surface area contributed by atoms with Crippen LogP contribution in [-0.4, -0.2) is 5.78 Å². The highest BCUT2D eigenvalue weighted by Gasteiger charge is 2.28.